The molecule has 0 N–H and O–H groups in total. The van der Waals surface area contributed by atoms with Gasteiger partial charge in [-0.3, -0.25) is 0 Å². The van der Waals surface area contributed by atoms with Gasteiger partial charge in [0.25, 0.3) is 0 Å². The molecule has 0 fully saturated rings. The number of halogens is 2. The monoisotopic (exact) mass is 145 g/mol. The molecule has 0 aromatic rings. The van der Waals surface area contributed by atoms with Crippen molar-refractivity contribution in [2.24, 2.45) is 0 Å². The van der Waals surface area contributed by atoms with Crippen molar-refractivity contribution >= 4 is 0 Å². The fourth-order valence-corrected chi connectivity index (χ4v) is 0.684. The van der Waals surface area contributed by atoms with Crippen molar-refractivity contribution < 1.29 is 13.5 Å². The van der Waals surface area contributed by atoms with E-state index in [1.165, 1.54) is 12.2 Å². The second-order valence-electron chi connectivity index (χ2n) is 1.82. The van der Waals surface area contributed by atoms with Crippen molar-refractivity contribution in [3.8, 4) is 0 Å². The standard InChI is InChI=1S/C7H7F2O/c8-7(9)10-6-4-2-1-3-5-6/h2-5,7H,1H2. The van der Waals surface area contributed by atoms with Gasteiger partial charge in [0.1, 0.15) is 5.76 Å². The van der Waals surface area contributed by atoms with Crippen LogP contribution in [0.1, 0.15) is 6.42 Å². The molecule has 1 aliphatic carbocycles. The van der Waals surface area contributed by atoms with Gasteiger partial charge >= 0.3 is 6.61 Å². The summed E-state index contributed by atoms with van der Waals surface area (Å²) in [5.74, 6) is 0.223. The summed E-state index contributed by atoms with van der Waals surface area (Å²) >= 11 is 0. The Balaban J connectivity index is 2.40. The summed E-state index contributed by atoms with van der Waals surface area (Å²) in [6, 6.07) is 0. The molecule has 0 atom stereocenters. The average molecular weight is 145 g/mol. The van der Waals surface area contributed by atoms with Crippen LogP contribution in [0.2, 0.25) is 0 Å². The number of alkyl halides is 2. The van der Waals surface area contributed by atoms with Crippen LogP contribution in [0.5, 0.6) is 0 Å². The van der Waals surface area contributed by atoms with Crippen molar-refractivity contribution in [1.82, 2.24) is 0 Å². The molecule has 0 bridgehead atoms. The molecule has 3 heteroatoms. The Kier molecular flexibility index (Phi) is 2.42. The molecule has 0 spiro atoms. The maximum Gasteiger partial charge on any atom is 0.387 e. The third-order valence-corrected chi connectivity index (χ3v) is 1.06. The quantitative estimate of drug-likeness (QED) is 0.579. The van der Waals surface area contributed by atoms with Gasteiger partial charge in [-0.2, -0.15) is 8.78 Å². The second-order valence-corrected chi connectivity index (χ2v) is 1.82. The summed E-state index contributed by atoms with van der Waals surface area (Å²) in [6.45, 7) is -2.72. The van der Waals surface area contributed by atoms with Crippen LogP contribution in [0, 0.1) is 6.42 Å². The lowest BCUT2D eigenvalue weighted by atomic mass is 10.2. The first kappa shape index (κ1) is 7.25. The molecule has 0 heterocycles. The van der Waals surface area contributed by atoms with Gasteiger partial charge in [0, 0.05) is 0 Å². The summed E-state index contributed by atoms with van der Waals surface area (Å²) in [7, 11) is 0. The summed E-state index contributed by atoms with van der Waals surface area (Å²) in [6.07, 6.45) is 7.38. The minimum Gasteiger partial charge on any atom is -0.435 e. The smallest absolute Gasteiger partial charge is 0.387 e. The summed E-state index contributed by atoms with van der Waals surface area (Å²) in [4.78, 5) is 0. The predicted octanol–water partition coefficient (Wildman–Crippen LogP) is 2.27. The third kappa shape index (κ3) is 2.17. The number of hydrogen-bond acceptors (Lipinski definition) is 1. The van der Waals surface area contributed by atoms with E-state index in [0.29, 0.717) is 0 Å². The number of allylic oxidation sites excluding steroid dienone is 3. The Labute approximate surface area is 58.0 Å². The van der Waals surface area contributed by atoms with E-state index < -0.39 is 6.61 Å². The molecule has 1 radical (unpaired) electrons. The fraction of sp³-hybridized carbons (Fsp3) is 0.286. The fourth-order valence-electron chi connectivity index (χ4n) is 0.684. The lowest BCUT2D eigenvalue weighted by Crippen LogP contribution is -1.98. The van der Waals surface area contributed by atoms with Gasteiger partial charge in [-0.05, 0) is 25.0 Å². The van der Waals surface area contributed by atoms with Crippen LogP contribution >= 0.6 is 0 Å². The summed E-state index contributed by atoms with van der Waals surface area (Å²) < 4.78 is 27.1. The lowest BCUT2D eigenvalue weighted by Gasteiger charge is -2.07. The van der Waals surface area contributed by atoms with Gasteiger partial charge in [-0.1, -0.05) is 6.08 Å². The van der Waals surface area contributed by atoms with Crippen LogP contribution in [0.4, 0.5) is 8.78 Å². The molecule has 0 aliphatic heterocycles. The Hall–Kier alpha value is -0.860. The second kappa shape index (κ2) is 3.34. The van der Waals surface area contributed by atoms with Crippen molar-refractivity contribution in [3.05, 3.63) is 30.4 Å². The van der Waals surface area contributed by atoms with E-state index in [4.69, 9.17) is 0 Å². The Morgan fingerprint density at radius 3 is 2.80 bits per heavy atom. The zero-order valence-electron chi connectivity index (χ0n) is 5.26. The van der Waals surface area contributed by atoms with Crippen LogP contribution in [0.15, 0.2) is 24.0 Å². The van der Waals surface area contributed by atoms with Gasteiger partial charge in [-0.25, -0.2) is 0 Å². The number of ether oxygens (including phenoxy) is 1. The molecular weight excluding hydrogens is 138 g/mol. The first-order valence-corrected chi connectivity index (χ1v) is 2.94. The van der Waals surface area contributed by atoms with Crippen LogP contribution in [0.25, 0.3) is 0 Å². The molecule has 0 amide bonds. The van der Waals surface area contributed by atoms with Gasteiger partial charge in [0.2, 0.25) is 0 Å². The molecule has 1 nitrogen and oxygen atoms in total. The maximum atomic E-state index is 11.5. The van der Waals surface area contributed by atoms with E-state index in [9.17, 15) is 8.78 Å². The highest BCUT2D eigenvalue weighted by Crippen LogP contribution is 2.12. The van der Waals surface area contributed by atoms with Gasteiger partial charge in [0.05, 0.1) is 0 Å². The van der Waals surface area contributed by atoms with Crippen molar-refractivity contribution in [2.45, 2.75) is 13.0 Å². The first-order valence-electron chi connectivity index (χ1n) is 2.94. The minimum absolute atomic E-state index is 0.223. The number of hydrogen-bond donors (Lipinski definition) is 0. The first-order chi connectivity index (χ1) is 4.79. The molecule has 10 heavy (non-hydrogen) atoms. The molecule has 1 rings (SSSR count). The van der Waals surface area contributed by atoms with Crippen LogP contribution < -0.4 is 0 Å². The normalized spacial score (nSPS) is 17.3. The van der Waals surface area contributed by atoms with E-state index in [1.54, 1.807) is 12.5 Å². The highest BCUT2D eigenvalue weighted by atomic mass is 19.3. The van der Waals surface area contributed by atoms with Crippen molar-refractivity contribution in [1.29, 1.82) is 0 Å². The van der Waals surface area contributed by atoms with Crippen LogP contribution in [-0.4, -0.2) is 6.61 Å². The molecule has 0 aromatic heterocycles. The van der Waals surface area contributed by atoms with E-state index in [1.807, 2.05) is 0 Å². The van der Waals surface area contributed by atoms with E-state index >= 15 is 0 Å². The van der Waals surface area contributed by atoms with E-state index in [0.717, 1.165) is 6.42 Å². The SMILES string of the molecule is FC(F)OC1=C[CH]CC=C1. The molecular formula is C7H7F2O. The molecule has 0 saturated carbocycles. The Morgan fingerprint density at radius 1 is 1.50 bits per heavy atom. The Morgan fingerprint density at radius 2 is 2.30 bits per heavy atom. The molecule has 1 aliphatic rings. The lowest BCUT2D eigenvalue weighted by molar-refractivity contribution is -0.0922. The topological polar surface area (TPSA) is 9.23 Å². The highest BCUT2D eigenvalue weighted by Gasteiger charge is 2.05. The average Bonchev–Trinajstić information content (AvgIpc) is 1.88. The summed E-state index contributed by atoms with van der Waals surface area (Å²) in [5.41, 5.74) is 0. The highest BCUT2D eigenvalue weighted by molar-refractivity contribution is 5.21. The zero-order valence-corrected chi connectivity index (χ0v) is 5.26. The third-order valence-electron chi connectivity index (χ3n) is 1.06. The minimum atomic E-state index is -2.72. The van der Waals surface area contributed by atoms with Crippen molar-refractivity contribution in [2.75, 3.05) is 0 Å². The van der Waals surface area contributed by atoms with E-state index in [-0.39, 0.29) is 5.76 Å². The van der Waals surface area contributed by atoms with Crippen LogP contribution in [-0.2, 0) is 4.74 Å². The largest absolute Gasteiger partial charge is 0.435 e. The molecule has 0 aromatic carbocycles. The maximum absolute atomic E-state index is 11.5. The number of rotatable bonds is 2. The summed E-state index contributed by atoms with van der Waals surface area (Å²) in [5, 5.41) is 0. The zero-order chi connectivity index (χ0) is 7.40. The predicted molar refractivity (Wildman–Crippen MR) is 33.2 cm³/mol. The molecule has 0 unspecified atom stereocenters. The van der Waals surface area contributed by atoms with Gasteiger partial charge < -0.3 is 4.74 Å². The molecule has 55 valence electrons. The van der Waals surface area contributed by atoms with Gasteiger partial charge in [-0.15, -0.1) is 0 Å². The van der Waals surface area contributed by atoms with E-state index in [2.05, 4.69) is 4.74 Å². The molecule has 0 saturated heterocycles. The van der Waals surface area contributed by atoms with Crippen molar-refractivity contribution in [3.63, 3.8) is 0 Å². The Bertz CT molecular complexity index is 161. The van der Waals surface area contributed by atoms with Crippen LogP contribution in [0.3, 0.4) is 0 Å². The van der Waals surface area contributed by atoms with Gasteiger partial charge in [0.15, 0.2) is 0 Å².